The second-order valence-corrected chi connectivity index (χ2v) is 6.01. The molecule has 1 atom stereocenters. The third-order valence-electron chi connectivity index (χ3n) is 2.47. The maximum absolute atomic E-state index is 12.1. The highest BCUT2D eigenvalue weighted by atomic mass is 79.9. The third-order valence-corrected chi connectivity index (χ3v) is 3.88. The fourth-order valence-electron chi connectivity index (χ4n) is 1.70. The fraction of sp³-hybridized carbons (Fsp3) is 0.462. The highest BCUT2D eigenvalue weighted by molar-refractivity contribution is 9.09. The van der Waals surface area contributed by atoms with Crippen LogP contribution in [-0.4, -0.2) is 17.3 Å². The van der Waals surface area contributed by atoms with E-state index in [0.29, 0.717) is 26.9 Å². The van der Waals surface area contributed by atoms with Crippen LogP contribution in [0.2, 0.25) is 10.0 Å². The molecule has 0 aliphatic rings. The van der Waals surface area contributed by atoms with Gasteiger partial charge in [-0.3, -0.25) is 4.79 Å². The van der Waals surface area contributed by atoms with Gasteiger partial charge in [-0.25, -0.2) is 0 Å². The van der Waals surface area contributed by atoms with E-state index in [4.69, 9.17) is 23.2 Å². The first kappa shape index (κ1) is 15.8. The van der Waals surface area contributed by atoms with Gasteiger partial charge in [-0.2, -0.15) is 0 Å². The number of carbonyl (C=O) groups is 1. The van der Waals surface area contributed by atoms with E-state index in [-0.39, 0.29) is 11.9 Å². The van der Waals surface area contributed by atoms with E-state index in [1.165, 1.54) is 0 Å². The van der Waals surface area contributed by atoms with Crippen LogP contribution in [0.4, 0.5) is 0 Å². The van der Waals surface area contributed by atoms with E-state index in [0.717, 1.165) is 6.42 Å². The Labute approximate surface area is 126 Å². The average molecular weight is 353 g/mol. The minimum atomic E-state index is -0.226. The van der Waals surface area contributed by atoms with Gasteiger partial charge in [-0.15, -0.1) is 0 Å². The molecular weight excluding hydrogens is 337 g/mol. The van der Waals surface area contributed by atoms with Gasteiger partial charge < -0.3 is 5.32 Å². The van der Waals surface area contributed by atoms with Crippen LogP contribution in [0.15, 0.2) is 18.2 Å². The van der Waals surface area contributed by atoms with Crippen LogP contribution in [0.5, 0.6) is 0 Å². The second kappa shape index (κ2) is 7.37. The molecule has 0 aliphatic carbocycles. The van der Waals surface area contributed by atoms with Gasteiger partial charge in [0.05, 0.1) is 15.6 Å². The Morgan fingerprint density at radius 3 is 2.33 bits per heavy atom. The Balaban J connectivity index is 2.81. The Hall–Kier alpha value is -0.250. The summed E-state index contributed by atoms with van der Waals surface area (Å²) in [5, 5.41) is 4.39. The van der Waals surface area contributed by atoms with E-state index in [9.17, 15) is 4.79 Å². The molecular formula is C13H16BrCl2NO. The maximum Gasteiger partial charge on any atom is 0.254 e. The molecule has 0 spiro atoms. The van der Waals surface area contributed by atoms with Gasteiger partial charge in [0.2, 0.25) is 0 Å². The minimum Gasteiger partial charge on any atom is -0.348 e. The van der Waals surface area contributed by atoms with Crippen molar-refractivity contribution in [2.24, 2.45) is 5.92 Å². The molecule has 2 nitrogen and oxygen atoms in total. The van der Waals surface area contributed by atoms with E-state index < -0.39 is 0 Å². The van der Waals surface area contributed by atoms with Gasteiger partial charge in [0, 0.05) is 11.4 Å². The second-order valence-electron chi connectivity index (χ2n) is 4.55. The lowest BCUT2D eigenvalue weighted by molar-refractivity contribution is 0.0937. The predicted octanol–water partition coefficient (Wildman–Crippen LogP) is 4.53. The summed E-state index contributed by atoms with van der Waals surface area (Å²) in [5.41, 5.74) is 0.343. The molecule has 0 aromatic heterocycles. The van der Waals surface area contributed by atoms with Crippen molar-refractivity contribution >= 4 is 45.0 Å². The fourth-order valence-corrected chi connectivity index (χ4v) is 2.70. The number of alkyl halides is 1. The molecule has 5 heteroatoms. The summed E-state index contributed by atoms with van der Waals surface area (Å²) < 4.78 is 0. The van der Waals surface area contributed by atoms with Crippen molar-refractivity contribution in [1.82, 2.24) is 5.32 Å². The van der Waals surface area contributed by atoms with Gasteiger partial charge >= 0.3 is 0 Å². The lowest BCUT2D eigenvalue weighted by atomic mass is 10.0. The van der Waals surface area contributed by atoms with Crippen molar-refractivity contribution < 1.29 is 4.79 Å². The molecule has 0 aliphatic heterocycles. The van der Waals surface area contributed by atoms with E-state index >= 15 is 0 Å². The van der Waals surface area contributed by atoms with Crippen LogP contribution < -0.4 is 5.32 Å². The van der Waals surface area contributed by atoms with Gasteiger partial charge in [0.1, 0.15) is 0 Å². The molecule has 0 bridgehead atoms. The molecule has 0 radical (unpaired) electrons. The summed E-state index contributed by atoms with van der Waals surface area (Å²) in [7, 11) is 0. The number of amides is 1. The van der Waals surface area contributed by atoms with Crippen molar-refractivity contribution in [3.63, 3.8) is 0 Å². The van der Waals surface area contributed by atoms with Crippen molar-refractivity contribution in [1.29, 1.82) is 0 Å². The molecule has 0 saturated heterocycles. The van der Waals surface area contributed by atoms with Crippen LogP contribution >= 0.6 is 39.1 Å². The number of rotatable bonds is 5. The Morgan fingerprint density at radius 1 is 1.33 bits per heavy atom. The molecule has 1 N–H and O–H groups in total. The molecule has 100 valence electrons. The van der Waals surface area contributed by atoms with Crippen molar-refractivity contribution in [2.45, 2.75) is 26.3 Å². The summed E-state index contributed by atoms with van der Waals surface area (Å²) in [6, 6.07) is 5.11. The van der Waals surface area contributed by atoms with Gasteiger partial charge in [0.25, 0.3) is 5.91 Å². The first-order valence-electron chi connectivity index (χ1n) is 5.76. The average Bonchev–Trinajstić information content (AvgIpc) is 2.27. The first-order chi connectivity index (χ1) is 8.45. The maximum atomic E-state index is 12.1. The largest absolute Gasteiger partial charge is 0.348 e. The first-order valence-corrected chi connectivity index (χ1v) is 7.64. The zero-order valence-corrected chi connectivity index (χ0v) is 13.4. The molecule has 1 unspecified atom stereocenters. The highest BCUT2D eigenvalue weighted by Crippen LogP contribution is 2.24. The standard InChI is InChI=1S/C13H16BrCl2NO/c1-8(2)6-9(7-14)17-13(18)12-10(15)4-3-5-11(12)16/h3-5,8-9H,6-7H2,1-2H3,(H,17,18). The van der Waals surface area contributed by atoms with E-state index in [2.05, 4.69) is 35.1 Å². The molecule has 1 aromatic carbocycles. The number of hydrogen-bond acceptors (Lipinski definition) is 1. The molecule has 0 fully saturated rings. The minimum absolute atomic E-state index is 0.0739. The Bertz CT molecular complexity index is 403. The molecule has 18 heavy (non-hydrogen) atoms. The summed E-state index contributed by atoms with van der Waals surface area (Å²) in [4.78, 5) is 12.1. The lowest BCUT2D eigenvalue weighted by Gasteiger charge is -2.19. The topological polar surface area (TPSA) is 29.1 Å². The van der Waals surface area contributed by atoms with Crippen molar-refractivity contribution in [3.8, 4) is 0 Å². The van der Waals surface area contributed by atoms with E-state index in [1.54, 1.807) is 18.2 Å². The van der Waals surface area contributed by atoms with Crippen molar-refractivity contribution in [2.75, 3.05) is 5.33 Å². The molecule has 1 aromatic rings. The van der Waals surface area contributed by atoms with Crippen LogP contribution in [0.1, 0.15) is 30.6 Å². The van der Waals surface area contributed by atoms with E-state index in [1.807, 2.05) is 0 Å². The van der Waals surface area contributed by atoms with Crippen LogP contribution in [0.3, 0.4) is 0 Å². The van der Waals surface area contributed by atoms with Crippen molar-refractivity contribution in [3.05, 3.63) is 33.8 Å². The zero-order chi connectivity index (χ0) is 13.7. The zero-order valence-electron chi connectivity index (χ0n) is 10.3. The quantitative estimate of drug-likeness (QED) is 0.775. The summed E-state index contributed by atoms with van der Waals surface area (Å²) in [6.07, 6.45) is 0.902. The van der Waals surface area contributed by atoms with Crippen LogP contribution in [0.25, 0.3) is 0 Å². The number of benzene rings is 1. The van der Waals surface area contributed by atoms with Crippen LogP contribution in [0, 0.1) is 5.92 Å². The Morgan fingerprint density at radius 2 is 1.89 bits per heavy atom. The van der Waals surface area contributed by atoms with Gasteiger partial charge in [-0.1, -0.05) is 59.0 Å². The molecule has 0 saturated carbocycles. The summed E-state index contributed by atoms with van der Waals surface area (Å²) in [5.74, 6) is 0.283. The van der Waals surface area contributed by atoms with Crippen LogP contribution in [-0.2, 0) is 0 Å². The van der Waals surface area contributed by atoms with Gasteiger partial charge in [-0.05, 0) is 24.5 Å². The van der Waals surface area contributed by atoms with Gasteiger partial charge in [0.15, 0.2) is 0 Å². The molecule has 0 heterocycles. The predicted molar refractivity (Wildman–Crippen MR) is 81.0 cm³/mol. The lowest BCUT2D eigenvalue weighted by Crippen LogP contribution is -2.37. The number of carbonyl (C=O) groups excluding carboxylic acids is 1. The smallest absolute Gasteiger partial charge is 0.254 e. The monoisotopic (exact) mass is 351 g/mol. The third kappa shape index (κ3) is 4.45. The number of nitrogens with one attached hydrogen (secondary N) is 1. The number of halogens is 3. The Kier molecular flexibility index (Phi) is 6.47. The molecule has 1 rings (SSSR count). The number of hydrogen-bond donors (Lipinski definition) is 1. The SMILES string of the molecule is CC(C)CC(CBr)NC(=O)c1c(Cl)cccc1Cl. The summed E-state index contributed by atoms with van der Waals surface area (Å²) >= 11 is 15.4. The normalized spacial score (nSPS) is 12.6. The molecule has 1 amide bonds. The highest BCUT2D eigenvalue weighted by Gasteiger charge is 2.18. The summed E-state index contributed by atoms with van der Waals surface area (Å²) in [6.45, 7) is 4.23.